The van der Waals surface area contributed by atoms with Gasteiger partial charge in [-0.3, -0.25) is 14.8 Å². The number of quaternary nitrogens is 1. The Kier molecular flexibility index (Phi) is 9.69. The van der Waals surface area contributed by atoms with Crippen molar-refractivity contribution in [2.45, 2.75) is 44.9 Å². The molecule has 0 saturated carbocycles. The number of fused-ring (bicyclic) bond motifs is 1. The predicted molar refractivity (Wildman–Crippen MR) is 111 cm³/mol. The largest absolute Gasteiger partial charge is 3.00 e. The van der Waals surface area contributed by atoms with E-state index in [-0.39, 0.29) is 41.8 Å². The Hall–Kier alpha value is -0.811. The molecular formula is C21H36FeN4O5+3. The number of nitrogens with zero attached hydrogens (tertiary/aromatic N) is 4. The minimum Gasteiger partial charge on any atom is -0.506 e. The van der Waals surface area contributed by atoms with Gasteiger partial charge < -0.3 is 29.6 Å². The summed E-state index contributed by atoms with van der Waals surface area (Å²) in [6.45, 7) is 8.29. The van der Waals surface area contributed by atoms with E-state index >= 15 is 0 Å². The molecule has 175 valence electrons. The van der Waals surface area contributed by atoms with Crippen LogP contribution in [0.3, 0.4) is 0 Å². The summed E-state index contributed by atoms with van der Waals surface area (Å²) in [5.41, 5.74) is 0.816. The summed E-state index contributed by atoms with van der Waals surface area (Å²) in [7, 11) is 1.83. The minimum atomic E-state index is -0.991. The van der Waals surface area contributed by atoms with Crippen molar-refractivity contribution in [3.05, 3.63) is 30.1 Å². The van der Waals surface area contributed by atoms with Gasteiger partial charge in [0.1, 0.15) is 18.1 Å². The molecule has 0 spiro atoms. The summed E-state index contributed by atoms with van der Waals surface area (Å²) in [4.78, 5) is 8.09. The van der Waals surface area contributed by atoms with Crippen molar-refractivity contribution in [3.63, 3.8) is 0 Å². The van der Waals surface area contributed by atoms with Crippen molar-refractivity contribution >= 4 is 0 Å². The van der Waals surface area contributed by atoms with Gasteiger partial charge in [0.05, 0.1) is 44.6 Å². The molecule has 0 aliphatic carbocycles. The van der Waals surface area contributed by atoms with Gasteiger partial charge in [-0.05, 0) is 26.1 Å². The van der Waals surface area contributed by atoms with Crippen LogP contribution in [0.4, 0.5) is 0 Å². The third-order valence-electron chi connectivity index (χ3n) is 6.64. The molecule has 2 saturated heterocycles. The second-order valence-electron chi connectivity index (χ2n) is 8.64. The van der Waals surface area contributed by atoms with Gasteiger partial charge in [-0.2, -0.15) is 0 Å². The van der Waals surface area contributed by atoms with Crippen molar-refractivity contribution in [2.24, 2.45) is 0 Å². The Morgan fingerprint density at radius 3 is 2.65 bits per heavy atom. The number of aliphatic hydroxyl groups excluding tert-OH is 3. The maximum atomic E-state index is 10.2. The van der Waals surface area contributed by atoms with Crippen LogP contribution in [0, 0.1) is 6.04 Å². The molecule has 3 rings (SSSR count). The van der Waals surface area contributed by atoms with Crippen molar-refractivity contribution in [1.29, 1.82) is 0 Å². The number of aromatic nitrogens is 1. The molecule has 1 aromatic rings. The van der Waals surface area contributed by atoms with E-state index in [1.165, 1.54) is 12.2 Å². The third-order valence-corrected chi connectivity index (χ3v) is 6.64. The number of likely N-dealkylation sites (N-methyl/N-ethyl adjacent to an activating group) is 1. The van der Waals surface area contributed by atoms with Crippen LogP contribution in [0.2, 0.25) is 0 Å². The molecule has 10 heteroatoms. The second-order valence-corrected chi connectivity index (χ2v) is 8.64. The molecule has 2 aliphatic rings. The first kappa shape index (κ1) is 26.4. The molecule has 9 nitrogen and oxygen atoms in total. The van der Waals surface area contributed by atoms with E-state index in [0.29, 0.717) is 19.6 Å². The molecule has 31 heavy (non-hydrogen) atoms. The van der Waals surface area contributed by atoms with E-state index in [1.807, 2.05) is 18.0 Å². The average molecular weight is 480 g/mol. The number of pyridine rings is 1. The number of rotatable bonds is 12. The second kappa shape index (κ2) is 11.4. The smallest absolute Gasteiger partial charge is 0.506 e. The molecular weight excluding hydrogens is 444 g/mol. The van der Waals surface area contributed by atoms with Crippen molar-refractivity contribution < 1.29 is 46.7 Å². The summed E-state index contributed by atoms with van der Waals surface area (Å²) >= 11 is 0. The molecule has 5 atom stereocenters. The average Bonchev–Trinajstić information content (AvgIpc) is 3.07. The molecule has 3 heterocycles. The van der Waals surface area contributed by atoms with Gasteiger partial charge in [0.2, 0.25) is 0 Å². The molecule has 1 radical (unpaired) electrons. The Labute approximate surface area is 195 Å². The first-order valence-corrected chi connectivity index (χ1v) is 10.6. The Morgan fingerprint density at radius 1 is 1.29 bits per heavy atom. The zero-order valence-corrected chi connectivity index (χ0v) is 19.6. The predicted octanol–water partition coefficient (Wildman–Crippen LogP) is -0.640. The summed E-state index contributed by atoms with van der Waals surface area (Å²) in [6, 6.07) is 2.68. The monoisotopic (exact) mass is 480 g/mol. The molecule has 2 aliphatic heterocycles. The summed E-state index contributed by atoms with van der Waals surface area (Å²) < 4.78 is 6.90. The van der Waals surface area contributed by atoms with Gasteiger partial charge in [-0.25, -0.2) is 0 Å². The molecule has 2 fully saturated rings. The maximum absolute atomic E-state index is 10.2. The van der Waals surface area contributed by atoms with E-state index in [0.717, 1.165) is 29.7 Å². The van der Waals surface area contributed by atoms with E-state index < -0.39 is 18.8 Å². The van der Waals surface area contributed by atoms with Crippen LogP contribution in [-0.4, -0.2) is 117 Å². The van der Waals surface area contributed by atoms with Gasteiger partial charge in [-0.15, -0.1) is 6.92 Å². The van der Waals surface area contributed by atoms with Crippen LogP contribution in [-0.2, 0) is 28.4 Å². The Morgan fingerprint density at radius 2 is 2.03 bits per heavy atom. The third kappa shape index (κ3) is 5.96. The fourth-order valence-electron chi connectivity index (χ4n) is 4.57. The van der Waals surface area contributed by atoms with E-state index in [9.17, 15) is 20.4 Å². The van der Waals surface area contributed by atoms with Crippen LogP contribution in [0.1, 0.15) is 19.4 Å². The summed E-state index contributed by atoms with van der Waals surface area (Å²) in [5, 5.41) is 38.9. The van der Waals surface area contributed by atoms with E-state index in [2.05, 4.69) is 23.7 Å². The zero-order chi connectivity index (χ0) is 21.9. The SMILES string of the molecule is C[C-]1[C@@H]2O[C@@H](C)C[N@@+]12CCN(CCN(C)[C@H](CO)[C@H](O)CO)Cc1ccncc1O.[Fe+3]. The fraction of sp³-hybridized carbons (Fsp3) is 0.714. The van der Waals surface area contributed by atoms with Gasteiger partial charge >= 0.3 is 17.1 Å². The van der Waals surface area contributed by atoms with Crippen LogP contribution < -0.4 is 0 Å². The normalized spacial score (nSPS) is 27.2. The summed E-state index contributed by atoms with van der Waals surface area (Å²) in [6.07, 6.45) is 2.63. The van der Waals surface area contributed by atoms with Crippen molar-refractivity contribution in [3.8, 4) is 5.75 Å². The van der Waals surface area contributed by atoms with Gasteiger partial charge in [0.15, 0.2) is 0 Å². The van der Waals surface area contributed by atoms with E-state index in [1.54, 1.807) is 6.20 Å². The topological polar surface area (TPSA) is 110 Å². The number of aliphatic hydroxyl groups is 3. The number of hydrogen-bond donors (Lipinski definition) is 4. The Balaban J connectivity index is 0.00000341. The Bertz CT molecular complexity index is 701. The number of aromatic hydroxyl groups is 1. The number of hydrogen-bond acceptors (Lipinski definition) is 8. The number of ether oxygens (including phenoxy) is 1. The fourth-order valence-corrected chi connectivity index (χ4v) is 4.57. The summed E-state index contributed by atoms with van der Waals surface area (Å²) in [5.74, 6) is 0.178. The van der Waals surface area contributed by atoms with E-state index in [4.69, 9.17) is 4.74 Å². The van der Waals surface area contributed by atoms with Gasteiger partial charge in [0, 0.05) is 37.9 Å². The van der Waals surface area contributed by atoms with Crippen LogP contribution in [0.5, 0.6) is 5.75 Å². The first-order chi connectivity index (χ1) is 14.3. The van der Waals surface area contributed by atoms with Crippen LogP contribution in [0.25, 0.3) is 0 Å². The van der Waals surface area contributed by atoms with Crippen molar-refractivity contribution in [1.82, 2.24) is 14.8 Å². The van der Waals surface area contributed by atoms with Gasteiger partial charge in [0.25, 0.3) is 0 Å². The molecule has 0 unspecified atom stereocenters. The molecule has 4 N–H and O–H groups in total. The zero-order valence-electron chi connectivity index (χ0n) is 18.5. The molecule has 0 bridgehead atoms. The molecule has 0 amide bonds. The van der Waals surface area contributed by atoms with Crippen LogP contribution in [0.15, 0.2) is 18.5 Å². The minimum absolute atomic E-state index is 0. The molecule has 0 aromatic carbocycles. The maximum Gasteiger partial charge on any atom is 3.00 e. The first-order valence-electron chi connectivity index (χ1n) is 10.6. The van der Waals surface area contributed by atoms with Crippen molar-refractivity contribution in [2.75, 3.05) is 53.0 Å². The van der Waals surface area contributed by atoms with Crippen LogP contribution >= 0.6 is 0 Å². The standard InChI is InChI=1S/C21H36N4O5.Fe/c1-15-12-25(16(2)21(25)30-15)9-8-24(11-17-4-5-22-10-19(17)28)7-6-23(3)18(13-26)20(29)14-27;/h4-5,10,15,18,20-21,26-29H,6-9,11-14H2,1-3H3;/q;+3/t15-,18+,20+,21-,25-;/m0./s1. The van der Waals surface area contributed by atoms with Gasteiger partial charge in [-0.1, -0.05) is 0 Å². The molecule has 1 aromatic heterocycles. The number of morpholine rings is 1. The quantitative estimate of drug-likeness (QED) is 0.135.